The number of nitrogens with zero attached hydrogens (tertiary/aromatic N) is 2. The second kappa shape index (κ2) is 6.23. The van der Waals surface area contributed by atoms with Crippen molar-refractivity contribution in [3.63, 3.8) is 0 Å². The van der Waals surface area contributed by atoms with Crippen LogP contribution in [0.1, 0.15) is 18.2 Å². The number of ether oxygens (including phenoxy) is 1. The smallest absolute Gasteiger partial charge is 0.385 e. The van der Waals surface area contributed by atoms with Gasteiger partial charge in [-0.1, -0.05) is 30.3 Å². The molecule has 1 unspecified atom stereocenters. The molecule has 0 aromatic heterocycles. The Morgan fingerprint density at radius 2 is 2.00 bits per heavy atom. The van der Waals surface area contributed by atoms with Crippen LogP contribution < -0.4 is 0 Å². The molecular formula is C13H15F3N2O2. The highest BCUT2D eigenvalue weighted by Gasteiger charge is 2.45. The Morgan fingerprint density at radius 3 is 2.60 bits per heavy atom. The lowest BCUT2D eigenvalue weighted by Crippen LogP contribution is -2.30. The van der Waals surface area contributed by atoms with Gasteiger partial charge in [-0.15, -0.1) is 5.06 Å². The molecule has 7 heteroatoms. The van der Waals surface area contributed by atoms with E-state index in [0.29, 0.717) is 25.1 Å². The molecule has 20 heavy (non-hydrogen) atoms. The molecule has 1 atom stereocenters. The summed E-state index contributed by atoms with van der Waals surface area (Å²) < 4.78 is 43.0. The van der Waals surface area contributed by atoms with Crippen molar-refractivity contribution in [2.75, 3.05) is 20.3 Å². The van der Waals surface area contributed by atoms with Crippen molar-refractivity contribution in [3.8, 4) is 0 Å². The molecule has 0 saturated carbocycles. The van der Waals surface area contributed by atoms with Crippen LogP contribution in [0.2, 0.25) is 0 Å². The Labute approximate surface area is 114 Å². The van der Waals surface area contributed by atoms with Gasteiger partial charge in [0.2, 0.25) is 0 Å². The predicted molar refractivity (Wildman–Crippen MR) is 67.0 cm³/mol. The molecule has 1 aromatic rings. The molecule has 110 valence electrons. The van der Waals surface area contributed by atoms with Gasteiger partial charge in [0.1, 0.15) is 0 Å². The van der Waals surface area contributed by atoms with Gasteiger partial charge in [-0.3, -0.25) is 0 Å². The Bertz CT molecular complexity index is 462. The Hall–Kier alpha value is -1.60. The van der Waals surface area contributed by atoms with E-state index in [-0.39, 0.29) is 0 Å². The monoisotopic (exact) mass is 288 g/mol. The Morgan fingerprint density at radius 1 is 1.30 bits per heavy atom. The topological polar surface area (TPSA) is 34.1 Å². The number of hydrogen-bond donors (Lipinski definition) is 0. The molecule has 0 radical (unpaired) electrons. The Balaban J connectivity index is 2.16. The van der Waals surface area contributed by atoms with Crippen LogP contribution in [-0.2, 0) is 9.57 Å². The SMILES string of the molecule is COCCCN1OC(C(F)(F)F)=NC1c1ccccc1. The van der Waals surface area contributed by atoms with Crippen LogP contribution in [0.15, 0.2) is 35.3 Å². The minimum atomic E-state index is -4.58. The molecule has 1 heterocycles. The Kier molecular flexibility index (Phi) is 4.61. The fourth-order valence-corrected chi connectivity index (χ4v) is 1.88. The summed E-state index contributed by atoms with van der Waals surface area (Å²) in [4.78, 5) is 8.49. The second-order valence-electron chi connectivity index (χ2n) is 4.29. The van der Waals surface area contributed by atoms with Crippen LogP contribution in [-0.4, -0.2) is 37.4 Å². The van der Waals surface area contributed by atoms with E-state index in [1.54, 1.807) is 30.3 Å². The lowest BCUT2D eigenvalue weighted by molar-refractivity contribution is -0.135. The number of benzene rings is 1. The van der Waals surface area contributed by atoms with E-state index in [0.717, 1.165) is 0 Å². The minimum absolute atomic E-state index is 0.302. The van der Waals surface area contributed by atoms with E-state index in [1.165, 1.54) is 12.2 Å². The quantitative estimate of drug-likeness (QED) is 0.781. The van der Waals surface area contributed by atoms with E-state index >= 15 is 0 Å². The number of hydroxylamine groups is 2. The molecule has 0 bridgehead atoms. The fourth-order valence-electron chi connectivity index (χ4n) is 1.88. The van der Waals surface area contributed by atoms with E-state index in [2.05, 4.69) is 4.99 Å². The van der Waals surface area contributed by atoms with Gasteiger partial charge in [0.15, 0.2) is 6.17 Å². The van der Waals surface area contributed by atoms with Gasteiger partial charge in [-0.25, -0.2) is 4.99 Å². The van der Waals surface area contributed by atoms with Crippen molar-refractivity contribution >= 4 is 5.90 Å². The molecule has 0 fully saturated rings. The molecule has 2 rings (SSSR count). The lowest BCUT2D eigenvalue weighted by atomic mass is 10.2. The third kappa shape index (κ3) is 3.49. The van der Waals surface area contributed by atoms with Gasteiger partial charge in [0.05, 0.1) is 0 Å². The highest BCUT2D eigenvalue weighted by molar-refractivity contribution is 5.82. The number of hydrogen-bond acceptors (Lipinski definition) is 4. The molecule has 0 saturated heterocycles. The van der Waals surface area contributed by atoms with Crippen LogP contribution in [0.3, 0.4) is 0 Å². The first-order chi connectivity index (χ1) is 9.52. The fraction of sp³-hybridized carbons (Fsp3) is 0.462. The van der Waals surface area contributed by atoms with Gasteiger partial charge in [-0.05, 0) is 12.0 Å². The van der Waals surface area contributed by atoms with Gasteiger partial charge < -0.3 is 9.57 Å². The summed E-state index contributed by atoms with van der Waals surface area (Å²) in [6.45, 7) is 0.749. The van der Waals surface area contributed by atoms with Crippen LogP contribution in [0.25, 0.3) is 0 Å². The summed E-state index contributed by atoms with van der Waals surface area (Å²) in [6.07, 6.45) is -4.80. The van der Waals surface area contributed by atoms with E-state index < -0.39 is 18.2 Å². The van der Waals surface area contributed by atoms with E-state index in [4.69, 9.17) is 9.57 Å². The zero-order valence-electron chi connectivity index (χ0n) is 10.9. The maximum atomic E-state index is 12.7. The van der Waals surface area contributed by atoms with Crippen LogP contribution in [0.4, 0.5) is 13.2 Å². The molecule has 0 spiro atoms. The number of rotatable bonds is 5. The number of methoxy groups -OCH3 is 1. The van der Waals surface area contributed by atoms with Gasteiger partial charge >= 0.3 is 12.1 Å². The first kappa shape index (κ1) is 14.8. The van der Waals surface area contributed by atoms with Crippen molar-refractivity contribution in [2.24, 2.45) is 4.99 Å². The summed E-state index contributed by atoms with van der Waals surface area (Å²) in [6, 6.07) is 8.75. The third-order valence-corrected chi connectivity index (χ3v) is 2.78. The first-order valence-electron chi connectivity index (χ1n) is 6.16. The molecule has 1 aliphatic heterocycles. The lowest BCUT2D eigenvalue weighted by Gasteiger charge is -2.21. The molecule has 1 aromatic carbocycles. The average Bonchev–Trinajstić information content (AvgIpc) is 2.84. The summed E-state index contributed by atoms with van der Waals surface area (Å²) in [5.41, 5.74) is 0.657. The summed E-state index contributed by atoms with van der Waals surface area (Å²) in [5, 5.41) is 1.23. The summed E-state index contributed by atoms with van der Waals surface area (Å²) in [5.74, 6) is -1.20. The van der Waals surface area contributed by atoms with Crippen LogP contribution in [0, 0.1) is 0 Å². The van der Waals surface area contributed by atoms with E-state index in [1.807, 2.05) is 0 Å². The van der Waals surface area contributed by atoms with Crippen molar-refractivity contribution in [1.29, 1.82) is 0 Å². The van der Waals surface area contributed by atoms with Crippen molar-refractivity contribution in [3.05, 3.63) is 35.9 Å². The largest absolute Gasteiger partial charge is 0.470 e. The maximum absolute atomic E-state index is 12.7. The molecule has 0 N–H and O–H groups in total. The van der Waals surface area contributed by atoms with Crippen LogP contribution in [0.5, 0.6) is 0 Å². The van der Waals surface area contributed by atoms with Crippen molar-refractivity contribution in [1.82, 2.24) is 5.06 Å². The second-order valence-corrected chi connectivity index (χ2v) is 4.29. The normalized spacial score (nSPS) is 19.8. The van der Waals surface area contributed by atoms with E-state index in [9.17, 15) is 13.2 Å². The summed E-state index contributed by atoms with van der Waals surface area (Å²) >= 11 is 0. The molecule has 4 nitrogen and oxygen atoms in total. The first-order valence-corrected chi connectivity index (χ1v) is 6.16. The van der Waals surface area contributed by atoms with Crippen LogP contribution >= 0.6 is 0 Å². The van der Waals surface area contributed by atoms with Gasteiger partial charge in [0.25, 0.3) is 0 Å². The molecule has 0 amide bonds. The van der Waals surface area contributed by atoms with Crippen molar-refractivity contribution < 1.29 is 22.7 Å². The zero-order valence-corrected chi connectivity index (χ0v) is 10.9. The predicted octanol–water partition coefficient (Wildman–Crippen LogP) is 2.93. The highest BCUT2D eigenvalue weighted by Crippen LogP contribution is 2.33. The van der Waals surface area contributed by atoms with Gasteiger partial charge in [0, 0.05) is 20.3 Å². The highest BCUT2D eigenvalue weighted by atomic mass is 19.4. The zero-order chi connectivity index (χ0) is 14.6. The standard InChI is InChI=1S/C13H15F3N2O2/c1-19-9-5-8-18-11(10-6-3-2-4-7-10)17-12(20-18)13(14,15)16/h2-4,6-7,11H,5,8-9H2,1H3. The summed E-state index contributed by atoms with van der Waals surface area (Å²) in [7, 11) is 1.54. The minimum Gasteiger partial charge on any atom is -0.385 e. The maximum Gasteiger partial charge on any atom is 0.470 e. The van der Waals surface area contributed by atoms with Gasteiger partial charge in [-0.2, -0.15) is 13.2 Å². The molecule has 0 aliphatic carbocycles. The van der Waals surface area contributed by atoms with Crippen molar-refractivity contribution in [2.45, 2.75) is 18.8 Å². The molecular weight excluding hydrogens is 273 g/mol. The molecule has 1 aliphatic rings. The number of halogens is 3. The average molecular weight is 288 g/mol. The number of aliphatic imine (C=N–C) groups is 1. The third-order valence-electron chi connectivity index (χ3n) is 2.78. The number of alkyl halides is 3.